The second-order valence-electron chi connectivity index (χ2n) is 5.12. The summed E-state index contributed by atoms with van der Waals surface area (Å²) in [6, 6.07) is 25.8. The maximum absolute atomic E-state index is 10.8. The predicted octanol–water partition coefficient (Wildman–Crippen LogP) is 5.22. The summed E-state index contributed by atoms with van der Waals surface area (Å²) in [5, 5.41) is 8.88. The highest BCUT2D eigenvalue weighted by Crippen LogP contribution is 2.33. The first kappa shape index (κ1) is 14.9. The summed E-state index contributed by atoms with van der Waals surface area (Å²) >= 11 is 0. The molecule has 114 valence electrons. The number of rotatable bonds is 4. The first-order chi connectivity index (χ1) is 11.3. The Morgan fingerprint density at radius 1 is 0.739 bits per heavy atom. The molecule has 3 aromatic rings. The third-order valence-corrected chi connectivity index (χ3v) is 3.69. The van der Waals surface area contributed by atoms with Gasteiger partial charge in [0, 0.05) is 5.56 Å². The molecule has 0 aliphatic heterocycles. The number of ether oxygens (including phenoxy) is 1. The van der Waals surface area contributed by atoms with Gasteiger partial charge in [-0.15, -0.1) is 0 Å². The summed E-state index contributed by atoms with van der Waals surface area (Å²) < 4.78 is 4.87. The molecule has 0 amide bonds. The number of carbonyl (C=O) groups is 1. The SMILES string of the molecule is O=C(O)OCc1c(-c2ccccc2)cccc1-c1ccccc1. The van der Waals surface area contributed by atoms with Gasteiger partial charge in [-0.1, -0.05) is 78.9 Å². The van der Waals surface area contributed by atoms with Crippen LogP contribution in [0.25, 0.3) is 22.3 Å². The fourth-order valence-corrected chi connectivity index (χ4v) is 2.65. The van der Waals surface area contributed by atoms with Gasteiger partial charge in [-0.3, -0.25) is 0 Å². The fourth-order valence-electron chi connectivity index (χ4n) is 2.65. The molecule has 1 N–H and O–H groups in total. The Kier molecular flexibility index (Phi) is 4.39. The van der Waals surface area contributed by atoms with Crippen LogP contribution in [-0.4, -0.2) is 11.3 Å². The molecule has 3 nitrogen and oxygen atoms in total. The lowest BCUT2D eigenvalue weighted by Crippen LogP contribution is -2.03. The van der Waals surface area contributed by atoms with Gasteiger partial charge in [-0.2, -0.15) is 0 Å². The summed E-state index contributed by atoms with van der Waals surface area (Å²) in [6.07, 6.45) is -1.27. The molecule has 0 atom stereocenters. The zero-order valence-electron chi connectivity index (χ0n) is 12.5. The molecule has 0 unspecified atom stereocenters. The van der Waals surface area contributed by atoms with Crippen LogP contribution in [0.2, 0.25) is 0 Å². The van der Waals surface area contributed by atoms with Crippen LogP contribution in [-0.2, 0) is 11.3 Å². The normalized spacial score (nSPS) is 10.3. The predicted molar refractivity (Wildman–Crippen MR) is 90.1 cm³/mol. The monoisotopic (exact) mass is 304 g/mol. The lowest BCUT2D eigenvalue weighted by Gasteiger charge is -2.15. The van der Waals surface area contributed by atoms with Gasteiger partial charge in [-0.25, -0.2) is 4.79 Å². The molecule has 0 saturated carbocycles. The number of benzene rings is 3. The van der Waals surface area contributed by atoms with Crippen molar-refractivity contribution in [3.05, 3.63) is 84.4 Å². The van der Waals surface area contributed by atoms with Crippen molar-refractivity contribution in [3.63, 3.8) is 0 Å². The topological polar surface area (TPSA) is 46.5 Å². The van der Waals surface area contributed by atoms with Crippen molar-refractivity contribution < 1.29 is 14.6 Å². The summed E-state index contributed by atoms with van der Waals surface area (Å²) in [5.41, 5.74) is 4.90. The van der Waals surface area contributed by atoms with Crippen LogP contribution in [0.4, 0.5) is 4.79 Å². The molecule has 3 aromatic carbocycles. The van der Waals surface area contributed by atoms with Gasteiger partial charge >= 0.3 is 6.16 Å². The molecule has 23 heavy (non-hydrogen) atoms. The second-order valence-corrected chi connectivity index (χ2v) is 5.12. The smallest absolute Gasteiger partial charge is 0.450 e. The minimum Gasteiger partial charge on any atom is -0.450 e. The highest BCUT2D eigenvalue weighted by molar-refractivity contribution is 5.78. The van der Waals surface area contributed by atoms with E-state index >= 15 is 0 Å². The largest absolute Gasteiger partial charge is 0.506 e. The summed E-state index contributed by atoms with van der Waals surface area (Å²) in [4.78, 5) is 10.8. The molecule has 0 heterocycles. The number of carboxylic acid groups (broad SMARTS) is 1. The molecule has 0 spiro atoms. The van der Waals surface area contributed by atoms with Crippen molar-refractivity contribution in [2.24, 2.45) is 0 Å². The lowest BCUT2D eigenvalue weighted by atomic mass is 9.92. The Labute approximate surface area is 134 Å². The van der Waals surface area contributed by atoms with E-state index in [1.807, 2.05) is 78.9 Å². The van der Waals surface area contributed by atoms with E-state index in [0.29, 0.717) is 0 Å². The molecule has 3 heteroatoms. The summed E-state index contributed by atoms with van der Waals surface area (Å²) in [7, 11) is 0. The quantitative estimate of drug-likeness (QED) is 0.672. The molecule has 0 aliphatic rings. The highest BCUT2D eigenvalue weighted by atomic mass is 16.7. The Morgan fingerprint density at radius 3 is 1.65 bits per heavy atom. The van der Waals surface area contributed by atoms with E-state index < -0.39 is 6.16 Å². The molecular formula is C20H16O3. The molecule has 0 fully saturated rings. The molecule has 0 radical (unpaired) electrons. The molecule has 0 saturated heterocycles. The van der Waals surface area contributed by atoms with Gasteiger partial charge < -0.3 is 9.84 Å². The van der Waals surface area contributed by atoms with E-state index in [0.717, 1.165) is 27.8 Å². The molecular weight excluding hydrogens is 288 g/mol. The first-order valence-electron chi connectivity index (χ1n) is 7.34. The van der Waals surface area contributed by atoms with Gasteiger partial charge in [-0.05, 0) is 22.3 Å². The molecule has 0 aliphatic carbocycles. The Hall–Kier alpha value is -3.07. The Bertz CT molecular complexity index is 738. The van der Waals surface area contributed by atoms with Crippen molar-refractivity contribution in [1.29, 1.82) is 0 Å². The summed E-state index contributed by atoms with van der Waals surface area (Å²) in [5.74, 6) is 0. The van der Waals surface area contributed by atoms with Crippen molar-refractivity contribution >= 4 is 6.16 Å². The van der Waals surface area contributed by atoms with Gasteiger partial charge in [0.05, 0.1) is 0 Å². The van der Waals surface area contributed by atoms with Crippen LogP contribution in [0.15, 0.2) is 78.9 Å². The minimum atomic E-state index is -1.27. The van der Waals surface area contributed by atoms with Crippen molar-refractivity contribution in [3.8, 4) is 22.3 Å². The van der Waals surface area contributed by atoms with Crippen LogP contribution in [0, 0.1) is 0 Å². The van der Waals surface area contributed by atoms with Crippen LogP contribution in [0.3, 0.4) is 0 Å². The zero-order chi connectivity index (χ0) is 16.1. The highest BCUT2D eigenvalue weighted by Gasteiger charge is 2.13. The van der Waals surface area contributed by atoms with E-state index in [1.54, 1.807) is 0 Å². The van der Waals surface area contributed by atoms with E-state index in [1.165, 1.54) is 0 Å². The van der Waals surface area contributed by atoms with Crippen LogP contribution in [0.5, 0.6) is 0 Å². The van der Waals surface area contributed by atoms with Crippen molar-refractivity contribution in [2.45, 2.75) is 6.61 Å². The van der Waals surface area contributed by atoms with E-state index in [2.05, 4.69) is 0 Å². The molecule has 0 aromatic heterocycles. The van der Waals surface area contributed by atoms with E-state index in [4.69, 9.17) is 9.84 Å². The Morgan fingerprint density at radius 2 is 1.22 bits per heavy atom. The van der Waals surface area contributed by atoms with E-state index in [-0.39, 0.29) is 6.61 Å². The Balaban J connectivity index is 2.14. The second kappa shape index (κ2) is 6.79. The summed E-state index contributed by atoms with van der Waals surface area (Å²) in [6.45, 7) is 0.0185. The van der Waals surface area contributed by atoms with E-state index in [9.17, 15) is 4.79 Å². The number of hydrogen-bond donors (Lipinski definition) is 1. The first-order valence-corrected chi connectivity index (χ1v) is 7.34. The van der Waals surface area contributed by atoms with Gasteiger partial charge in [0.2, 0.25) is 0 Å². The average molecular weight is 304 g/mol. The minimum absolute atomic E-state index is 0.0185. The van der Waals surface area contributed by atoms with Crippen molar-refractivity contribution in [1.82, 2.24) is 0 Å². The number of hydrogen-bond acceptors (Lipinski definition) is 2. The maximum atomic E-state index is 10.8. The van der Waals surface area contributed by atoms with Gasteiger partial charge in [0.15, 0.2) is 0 Å². The van der Waals surface area contributed by atoms with Gasteiger partial charge in [0.25, 0.3) is 0 Å². The van der Waals surface area contributed by atoms with Crippen molar-refractivity contribution in [2.75, 3.05) is 0 Å². The molecule has 0 bridgehead atoms. The average Bonchev–Trinajstić information content (AvgIpc) is 2.61. The van der Waals surface area contributed by atoms with Crippen LogP contribution >= 0.6 is 0 Å². The van der Waals surface area contributed by atoms with Crippen LogP contribution < -0.4 is 0 Å². The van der Waals surface area contributed by atoms with Gasteiger partial charge in [0.1, 0.15) is 6.61 Å². The fraction of sp³-hybridized carbons (Fsp3) is 0.0500. The zero-order valence-corrected chi connectivity index (χ0v) is 12.5. The van der Waals surface area contributed by atoms with Crippen LogP contribution in [0.1, 0.15) is 5.56 Å². The third kappa shape index (κ3) is 3.40. The molecule has 3 rings (SSSR count). The lowest BCUT2D eigenvalue weighted by molar-refractivity contribution is 0.0856. The maximum Gasteiger partial charge on any atom is 0.506 e. The standard InChI is InChI=1S/C20H16O3/c21-20(22)23-14-19-17(15-8-3-1-4-9-15)12-7-13-18(19)16-10-5-2-6-11-16/h1-13H,14H2,(H,21,22). The third-order valence-electron chi connectivity index (χ3n) is 3.69.